The molecule has 2 N–H and O–H groups in total. The van der Waals surface area contributed by atoms with Crippen molar-refractivity contribution in [2.24, 2.45) is 0 Å². The first-order valence-corrected chi connectivity index (χ1v) is 13.3. The van der Waals surface area contributed by atoms with E-state index in [9.17, 15) is 9.90 Å². The van der Waals surface area contributed by atoms with Crippen molar-refractivity contribution < 1.29 is 24.1 Å². The van der Waals surface area contributed by atoms with E-state index in [1.165, 1.54) is 0 Å². The van der Waals surface area contributed by atoms with Crippen molar-refractivity contribution in [3.05, 3.63) is 75.3 Å². The van der Waals surface area contributed by atoms with Crippen LogP contribution < -0.4 is 14.8 Å². The number of carbonyl (C=O) groups excluding carboxylic acids is 1. The van der Waals surface area contributed by atoms with E-state index in [1.54, 1.807) is 7.11 Å². The average Bonchev–Trinajstić information content (AvgIpc) is 3.23. The number of nitrogens with one attached hydrogen (secondary N) is 1. The van der Waals surface area contributed by atoms with E-state index in [4.69, 9.17) is 14.2 Å². The van der Waals surface area contributed by atoms with E-state index >= 15 is 0 Å². The fourth-order valence-electron chi connectivity index (χ4n) is 5.94. The molecule has 6 nitrogen and oxygen atoms in total. The first kappa shape index (κ1) is 23.8. The van der Waals surface area contributed by atoms with Crippen LogP contribution in [0.1, 0.15) is 49.4 Å². The number of hydrogen-bond donors (Lipinski definition) is 2. The molecule has 8 heteroatoms. The number of rotatable bonds is 2. The summed E-state index contributed by atoms with van der Waals surface area (Å²) in [7, 11) is 1.63. The predicted octanol–water partition coefficient (Wildman–Crippen LogP) is 6.48. The molecule has 2 aliphatic carbocycles. The summed E-state index contributed by atoms with van der Waals surface area (Å²) < 4.78 is 19.7. The summed E-state index contributed by atoms with van der Waals surface area (Å²) in [5.41, 5.74) is -0.173. The summed E-state index contributed by atoms with van der Waals surface area (Å²) in [4.78, 5) is 13.2. The Hall–Kier alpha value is -2.55. The van der Waals surface area contributed by atoms with Gasteiger partial charge in [-0.2, -0.15) is 0 Å². The van der Waals surface area contributed by atoms with Gasteiger partial charge in [0.1, 0.15) is 22.6 Å². The van der Waals surface area contributed by atoms with E-state index in [1.807, 2.05) is 69.3 Å². The van der Waals surface area contributed by atoms with Gasteiger partial charge < -0.3 is 24.6 Å². The van der Waals surface area contributed by atoms with Crippen molar-refractivity contribution in [3.63, 3.8) is 0 Å². The summed E-state index contributed by atoms with van der Waals surface area (Å²) >= 11 is 7.37. The van der Waals surface area contributed by atoms with E-state index in [2.05, 4.69) is 37.2 Å². The van der Waals surface area contributed by atoms with Crippen molar-refractivity contribution in [2.45, 2.75) is 50.0 Å². The zero-order valence-corrected chi connectivity index (χ0v) is 23.4. The SMILES string of the molecule is COc1cccc2c3c(ccc12)[C@@]1(O)c2ccc(Br)c4c2[C@](NC(=O)OC(C)(C)C)(CC=C4Br)C1O3. The number of benzene rings is 3. The summed E-state index contributed by atoms with van der Waals surface area (Å²) in [5.74, 6) is 1.31. The molecule has 1 unspecified atom stereocenters. The van der Waals surface area contributed by atoms with E-state index in [0.717, 1.165) is 36.6 Å². The average molecular weight is 615 g/mol. The second-order valence-electron chi connectivity index (χ2n) is 10.5. The molecule has 1 amide bonds. The number of alkyl carbamates (subject to hydrolysis) is 1. The number of aliphatic hydroxyl groups is 1. The molecule has 3 atom stereocenters. The molecular weight excluding hydrogens is 590 g/mol. The zero-order chi connectivity index (χ0) is 25.6. The van der Waals surface area contributed by atoms with E-state index in [-0.39, 0.29) is 0 Å². The molecular formula is C28H25Br2NO5. The van der Waals surface area contributed by atoms with Crippen LogP contribution in [-0.2, 0) is 15.9 Å². The number of hydrogen-bond acceptors (Lipinski definition) is 5. The molecule has 186 valence electrons. The second kappa shape index (κ2) is 7.73. The number of amides is 1. The smallest absolute Gasteiger partial charge is 0.408 e. The lowest BCUT2D eigenvalue weighted by Gasteiger charge is -2.40. The first-order chi connectivity index (χ1) is 17.0. The summed E-state index contributed by atoms with van der Waals surface area (Å²) in [6.45, 7) is 5.47. The van der Waals surface area contributed by atoms with Crippen molar-refractivity contribution in [2.75, 3.05) is 7.11 Å². The molecule has 0 spiro atoms. The van der Waals surface area contributed by atoms with Crippen LogP contribution in [0.2, 0.25) is 0 Å². The molecule has 0 aromatic heterocycles. The Morgan fingerprint density at radius 1 is 1.11 bits per heavy atom. The number of ether oxygens (including phenoxy) is 3. The van der Waals surface area contributed by atoms with Gasteiger partial charge in [0, 0.05) is 30.9 Å². The van der Waals surface area contributed by atoms with Crippen LogP contribution in [0.5, 0.6) is 11.5 Å². The molecule has 0 saturated carbocycles. The fraction of sp³-hybridized carbons (Fsp3) is 0.321. The molecule has 0 radical (unpaired) electrons. The highest BCUT2D eigenvalue weighted by atomic mass is 79.9. The maximum atomic E-state index is 13.2. The summed E-state index contributed by atoms with van der Waals surface area (Å²) in [6, 6.07) is 13.4. The lowest BCUT2D eigenvalue weighted by Crippen LogP contribution is -2.58. The monoisotopic (exact) mass is 613 g/mol. The maximum absolute atomic E-state index is 13.2. The minimum atomic E-state index is -1.49. The third-order valence-corrected chi connectivity index (χ3v) is 8.62. The van der Waals surface area contributed by atoms with Crippen molar-refractivity contribution >= 4 is 53.2 Å². The van der Waals surface area contributed by atoms with Crippen LogP contribution in [0.3, 0.4) is 0 Å². The Morgan fingerprint density at radius 3 is 2.58 bits per heavy atom. The highest BCUT2D eigenvalue weighted by molar-refractivity contribution is 9.15. The van der Waals surface area contributed by atoms with Crippen LogP contribution >= 0.6 is 31.9 Å². The second-order valence-corrected chi connectivity index (χ2v) is 12.2. The van der Waals surface area contributed by atoms with Crippen LogP contribution in [0, 0.1) is 0 Å². The number of fused-ring (bicyclic) bond motifs is 7. The minimum absolute atomic E-state index is 0.408. The first-order valence-electron chi connectivity index (χ1n) is 11.7. The third-order valence-electron chi connectivity index (χ3n) is 7.24. The Morgan fingerprint density at radius 2 is 1.86 bits per heavy atom. The van der Waals surface area contributed by atoms with Gasteiger partial charge in [-0.25, -0.2) is 4.79 Å². The predicted molar refractivity (Wildman–Crippen MR) is 145 cm³/mol. The highest BCUT2D eigenvalue weighted by Crippen LogP contribution is 2.64. The Labute approximate surface area is 225 Å². The lowest BCUT2D eigenvalue weighted by atomic mass is 9.79. The molecule has 0 bridgehead atoms. The molecule has 3 aromatic rings. The zero-order valence-electron chi connectivity index (χ0n) is 20.2. The Kier molecular flexibility index (Phi) is 5.11. The molecule has 0 fully saturated rings. The van der Waals surface area contributed by atoms with Gasteiger partial charge in [0.15, 0.2) is 11.7 Å². The quantitative estimate of drug-likeness (QED) is 0.345. The van der Waals surface area contributed by atoms with Crippen LogP contribution in [0.25, 0.3) is 15.3 Å². The van der Waals surface area contributed by atoms with Crippen molar-refractivity contribution in [1.29, 1.82) is 0 Å². The van der Waals surface area contributed by atoms with Crippen LogP contribution in [0.4, 0.5) is 4.79 Å². The molecule has 3 aromatic carbocycles. The normalized spacial score (nSPS) is 25.4. The van der Waals surface area contributed by atoms with E-state index < -0.39 is 28.9 Å². The van der Waals surface area contributed by atoms with Gasteiger partial charge in [0.05, 0.1) is 7.11 Å². The molecule has 36 heavy (non-hydrogen) atoms. The largest absolute Gasteiger partial charge is 0.496 e. The van der Waals surface area contributed by atoms with E-state index in [0.29, 0.717) is 23.3 Å². The summed E-state index contributed by atoms with van der Waals surface area (Å²) in [5, 5.41) is 17.4. The highest BCUT2D eigenvalue weighted by Gasteiger charge is 2.68. The van der Waals surface area contributed by atoms with Gasteiger partial charge in [-0.1, -0.05) is 62.2 Å². The topological polar surface area (TPSA) is 77.0 Å². The number of carbonyl (C=O) groups is 1. The van der Waals surface area contributed by atoms with Crippen LogP contribution in [-0.4, -0.2) is 30.0 Å². The van der Waals surface area contributed by atoms with Gasteiger partial charge in [-0.05, 0) is 56.5 Å². The van der Waals surface area contributed by atoms with Crippen molar-refractivity contribution in [1.82, 2.24) is 5.32 Å². The lowest BCUT2D eigenvalue weighted by molar-refractivity contribution is -0.0401. The molecule has 3 aliphatic rings. The van der Waals surface area contributed by atoms with Gasteiger partial charge in [0.25, 0.3) is 0 Å². The number of halogens is 2. The standard InChI is InChI=1S/C28H25Br2NO5/c1-26(2,3)36-25(32)31-27-13-12-19(30)21-18(29)11-10-16(22(21)27)28(33)17-9-8-14-15(23(17)35-24(27)28)6-5-7-20(14)34-4/h5-12,24,33H,13H2,1-4H3,(H,31,32)/t24?,27-,28+/m1/s1. The molecule has 0 saturated heterocycles. The van der Waals surface area contributed by atoms with Gasteiger partial charge in [0.2, 0.25) is 0 Å². The Balaban J connectivity index is 1.62. The maximum Gasteiger partial charge on any atom is 0.408 e. The fourth-order valence-corrected chi connectivity index (χ4v) is 7.33. The van der Waals surface area contributed by atoms with Crippen LogP contribution in [0.15, 0.2) is 53.0 Å². The molecule has 1 aliphatic heterocycles. The van der Waals surface area contributed by atoms with Gasteiger partial charge in [-0.15, -0.1) is 0 Å². The van der Waals surface area contributed by atoms with Gasteiger partial charge >= 0.3 is 6.09 Å². The minimum Gasteiger partial charge on any atom is -0.496 e. The molecule has 1 heterocycles. The number of methoxy groups -OCH3 is 1. The summed E-state index contributed by atoms with van der Waals surface area (Å²) in [6.07, 6.45) is 1.03. The third kappa shape index (κ3) is 3.07. The molecule has 6 rings (SSSR count). The van der Waals surface area contributed by atoms with Gasteiger partial charge in [-0.3, -0.25) is 0 Å². The van der Waals surface area contributed by atoms with Crippen molar-refractivity contribution in [3.8, 4) is 11.5 Å². The Bertz CT molecular complexity index is 1490.